The van der Waals surface area contributed by atoms with E-state index in [1.165, 1.54) is 0 Å². The molecule has 2 aliphatic heterocycles. The predicted molar refractivity (Wildman–Crippen MR) is 104 cm³/mol. The molecule has 0 aliphatic carbocycles. The fourth-order valence-electron chi connectivity index (χ4n) is 3.63. The van der Waals surface area contributed by atoms with Crippen LogP contribution in [0.5, 0.6) is 5.75 Å². The summed E-state index contributed by atoms with van der Waals surface area (Å²) in [5.41, 5.74) is 0. The van der Waals surface area contributed by atoms with Crippen LogP contribution < -0.4 is 4.74 Å². The molecule has 2 aliphatic rings. The van der Waals surface area contributed by atoms with E-state index in [-0.39, 0.29) is 17.4 Å². The van der Waals surface area contributed by atoms with Crippen molar-refractivity contribution in [1.29, 1.82) is 0 Å². The molecule has 0 spiro atoms. The summed E-state index contributed by atoms with van der Waals surface area (Å²) in [6.45, 7) is 4.95. The van der Waals surface area contributed by atoms with Crippen molar-refractivity contribution in [2.24, 2.45) is 5.92 Å². The van der Waals surface area contributed by atoms with Gasteiger partial charge in [0, 0.05) is 26.2 Å². The average Bonchev–Trinajstić information content (AvgIpc) is 2.97. The summed E-state index contributed by atoms with van der Waals surface area (Å²) >= 11 is 0. The number of ether oxygens (including phenoxy) is 1. The Morgan fingerprint density at radius 1 is 1.00 bits per heavy atom. The highest BCUT2D eigenvalue weighted by molar-refractivity contribution is 7.89. The van der Waals surface area contributed by atoms with Gasteiger partial charge in [-0.15, -0.1) is 0 Å². The number of amides is 1. The first kappa shape index (κ1) is 20.1. The minimum absolute atomic E-state index is 0.00734. The molecule has 6 nitrogen and oxygen atoms in total. The molecular formula is C20H30N2O4S. The second kappa shape index (κ2) is 9.06. The largest absolute Gasteiger partial charge is 0.484 e. The van der Waals surface area contributed by atoms with E-state index in [0.717, 1.165) is 51.6 Å². The Bertz CT molecular complexity index is 717. The van der Waals surface area contributed by atoms with E-state index < -0.39 is 10.0 Å². The molecule has 0 aromatic heterocycles. The van der Waals surface area contributed by atoms with Gasteiger partial charge in [-0.3, -0.25) is 4.79 Å². The van der Waals surface area contributed by atoms with Gasteiger partial charge in [0.15, 0.2) is 6.61 Å². The van der Waals surface area contributed by atoms with Crippen molar-refractivity contribution in [2.45, 2.75) is 50.3 Å². The second-order valence-corrected chi connectivity index (χ2v) is 9.58. The van der Waals surface area contributed by atoms with Crippen LogP contribution in [0.25, 0.3) is 0 Å². The zero-order valence-corrected chi connectivity index (χ0v) is 16.9. The first-order chi connectivity index (χ1) is 13.0. The highest BCUT2D eigenvalue weighted by Gasteiger charge is 2.25. The maximum absolute atomic E-state index is 12.8. The van der Waals surface area contributed by atoms with Crippen LogP contribution in [0.3, 0.4) is 0 Å². The molecule has 3 rings (SSSR count). The summed E-state index contributed by atoms with van der Waals surface area (Å²) in [6, 6.07) is 6.41. The third-order valence-corrected chi connectivity index (χ3v) is 7.44. The predicted octanol–water partition coefficient (Wildman–Crippen LogP) is 2.89. The summed E-state index contributed by atoms with van der Waals surface area (Å²) in [7, 11) is -3.45. The summed E-state index contributed by atoms with van der Waals surface area (Å²) in [5.74, 6) is 1.18. The van der Waals surface area contributed by atoms with Crippen molar-refractivity contribution in [3.63, 3.8) is 0 Å². The molecule has 0 saturated carbocycles. The highest BCUT2D eigenvalue weighted by Crippen LogP contribution is 2.23. The van der Waals surface area contributed by atoms with Gasteiger partial charge in [0.2, 0.25) is 10.0 Å². The van der Waals surface area contributed by atoms with E-state index in [2.05, 4.69) is 6.92 Å². The standard InChI is InChI=1S/C20H30N2O4S/c1-17-10-14-21(15-11-17)20(23)16-26-18-6-8-19(9-7-18)27(24,25)22-12-4-2-3-5-13-22/h6-9,17H,2-5,10-16H2,1H3. The molecule has 0 atom stereocenters. The van der Waals surface area contributed by atoms with Crippen LogP contribution in [0.15, 0.2) is 29.2 Å². The van der Waals surface area contributed by atoms with Crippen LogP contribution in [0.1, 0.15) is 45.4 Å². The molecule has 7 heteroatoms. The lowest BCUT2D eigenvalue weighted by Gasteiger charge is -2.30. The van der Waals surface area contributed by atoms with Crippen molar-refractivity contribution < 1.29 is 17.9 Å². The first-order valence-electron chi connectivity index (χ1n) is 9.97. The van der Waals surface area contributed by atoms with Crippen LogP contribution in [0, 0.1) is 5.92 Å². The van der Waals surface area contributed by atoms with Crippen LogP contribution in [-0.4, -0.2) is 56.3 Å². The van der Waals surface area contributed by atoms with Gasteiger partial charge in [-0.2, -0.15) is 4.31 Å². The van der Waals surface area contributed by atoms with E-state index in [0.29, 0.717) is 24.8 Å². The second-order valence-electron chi connectivity index (χ2n) is 7.64. The number of carbonyl (C=O) groups is 1. The van der Waals surface area contributed by atoms with E-state index in [1.807, 2.05) is 4.90 Å². The Balaban J connectivity index is 1.56. The number of hydrogen-bond donors (Lipinski definition) is 0. The molecule has 2 heterocycles. The fourth-order valence-corrected chi connectivity index (χ4v) is 5.15. The fraction of sp³-hybridized carbons (Fsp3) is 0.650. The lowest BCUT2D eigenvalue weighted by Crippen LogP contribution is -2.40. The molecule has 1 aromatic carbocycles. The molecule has 1 aromatic rings. The van der Waals surface area contributed by atoms with Gasteiger partial charge in [0.05, 0.1) is 4.90 Å². The molecular weight excluding hydrogens is 364 g/mol. The van der Waals surface area contributed by atoms with E-state index in [9.17, 15) is 13.2 Å². The zero-order chi connectivity index (χ0) is 19.3. The Kier molecular flexibility index (Phi) is 6.76. The normalized spacial score (nSPS) is 20.3. The summed E-state index contributed by atoms with van der Waals surface area (Å²) < 4.78 is 32.7. The van der Waals surface area contributed by atoms with Gasteiger partial charge in [-0.05, 0) is 55.9 Å². The number of piperidine rings is 1. The van der Waals surface area contributed by atoms with Crippen LogP contribution in [0.2, 0.25) is 0 Å². The molecule has 0 bridgehead atoms. The maximum atomic E-state index is 12.8. The smallest absolute Gasteiger partial charge is 0.260 e. The summed E-state index contributed by atoms with van der Waals surface area (Å²) in [5, 5.41) is 0. The van der Waals surface area contributed by atoms with Crippen molar-refractivity contribution in [1.82, 2.24) is 9.21 Å². The van der Waals surface area contributed by atoms with Gasteiger partial charge >= 0.3 is 0 Å². The number of carbonyl (C=O) groups excluding carboxylic acids is 1. The van der Waals surface area contributed by atoms with Gasteiger partial charge < -0.3 is 9.64 Å². The van der Waals surface area contributed by atoms with Gasteiger partial charge in [0.1, 0.15) is 5.75 Å². The molecule has 2 saturated heterocycles. The zero-order valence-electron chi connectivity index (χ0n) is 16.1. The third-order valence-electron chi connectivity index (χ3n) is 5.53. The average molecular weight is 395 g/mol. The molecule has 150 valence electrons. The van der Waals surface area contributed by atoms with Crippen molar-refractivity contribution in [3.05, 3.63) is 24.3 Å². The molecule has 0 radical (unpaired) electrons. The number of sulfonamides is 1. The Hall–Kier alpha value is -1.60. The molecule has 0 N–H and O–H groups in total. The minimum Gasteiger partial charge on any atom is -0.484 e. The van der Waals surface area contributed by atoms with Gasteiger partial charge in [-0.1, -0.05) is 19.8 Å². The number of benzene rings is 1. The van der Waals surface area contributed by atoms with Crippen LogP contribution in [-0.2, 0) is 14.8 Å². The van der Waals surface area contributed by atoms with Crippen molar-refractivity contribution in [3.8, 4) is 5.75 Å². The molecule has 2 fully saturated rings. The van der Waals surface area contributed by atoms with E-state index in [1.54, 1.807) is 28.6 Å². The number of likely N-dealkylation sites (tertiary alicyclic amines) is 1. The van der Waals surface area contributed by atoms with E-state index >= 15 is 0 Å². The topological polar surface area (TPSA) is 66.9 Å². The van der Waals surface area contributed by atoms with Gasteiger partial charge in [-0.25, -0.2) is 8.42 Å². The monoisotopic (exact) mass is 394 g/mol. The van der Waals surface area contributed by atoms with Crippen LogP contribution >= 0.6 is 0 Å². The third kappa shape index (κ3) is 5.23. The molecule has 1 amide bonds. The summed E-state index contributed by atoms with van der Waals surface area (Å²) in [6.07, 6.45) is 6.07. The lowest BCUT2D eigenvalue weighted by molar-refractivity contribution is -0.134. The summed E-state index contributed by atoms with van der Waals surface area (Å²) in [4.78, 5) is 14.4. The van der Waals surface area contributed by atoms with Crippen LogP contribution in [0.4, 0.5) is 0 Å². The Morgan fingerprint density at radius 2 is 1.59 bits per heavy atom. The lowest BCUT2D eigenvalue weighted by atomic mass is 9.99. The van der Waals surface area contributed by atoms with Crippen molar-refractivity contribution >= 4 is 15.9 Å². The minimum atomic E-state index is -3.45. The number of hydrogen-bond acceptors (Lipinski definition) is 4. The SMILES string of the molecule is CC1CCN(C(=O)COc2ccc(S(=O)(=O)N3CCCCCC3)cc2)CC1. The molecule has 27 heavy (non-hydrogen) atoms. The maximum Gasteiger partial charge on any atom is 0.260 e. The van der Waals surface area contributed by atoms with Gasteiger partial charge in [0.25, 0.3) is 5.91 Å². The first-order valence-corrected chi connectivity index (χ1v) is 11.4. The quantitative estimate of drug-likeness (QED) is 0.770. The Labute approximate surface area is 162 Å². The Morgan fingerprint density at radius 3 is 2.19 bits per heavy atom. The number of rotatable bonds is 5. The molecule has 0 unspecified atom stereocenters. The highest BCUT2D eigenvalue weighted by atomic mass is 32.2. The van der Waals surface area contributed by atoms with E-state index in [4.69, 9.17) is 4.74 Å². The van der Waals surface area contributed by atoms with Crippen molar-refractivity contribution in [2.75, 3.05) is 32.8 Å². The number of nitrogens with zero attached hydrogens (tertiary/aromatic N) is 2.